The quantitative estimate of drug-likeness (QED) is 0.893. The lowest BCUT2D eigenvalue weighted by molar-refractivity contribution is 0.383. The van der Waals surface area contributed by atoms with Crippen LogP contribution in [-0.4, -0.2) is 23.0 Å². The van der Waals surface area contributed by atoms with Crippen LogP contribution >= 0.6 is 11.8 Å². The number of thioether (sulfide) groups is 1. The van der Waals surface area contributed by atoms with E-state index in [4.69, 9.17) is 0 Å². The van der Waals surface area contributed by atoms with Crippen LogP contribution in [0.1, 0.15) is 43.0 Å². The van der Waals surface area contributed by atoms with Gasteiger partial charge in [0, 0.05) is 17.8 Å². The molecule has 19 heavy (non-hydrogen) atoms. The molecule has 1 aromatic rings. The molecule has 0 saturated carbocycles. The first-order valence-electron chi connectivity index (χ1n) is 7.36. The molecule has 2 aliphatic rings. The Bertz CT molecular complexity index is 479. The van der Waals surface area contributed by atoms with Gasteiger partial charge in [0.05, 0.1) is 0 Å². The molecule has 2 heterocycles. The SMILES string of the molecule is O=c1ccc2c([nH]1)CCCC2NCC1CCSCC1. The van der Waals surface area contributed by atoms with Crippen LogP contribution in [0.3, 0.4) is 0 Å². The molecule has 0 spiro atoms. The normalized spacial score (nSPS) is 24.1. The summed E-state index contributed by atoms with van der Waals surface area (Å²) in [6.07, 6.45) is 6.08. The van der Waals surface area contributed by atoms with Gasteiger partial charge in [0.2, 0.25) is 5.56 Å². The molecule has 3 nitrogen and oxygen atoms in total. The van der Waals surface area contributed by atoms with Gasteiger partial charge in [0.1, 0.15) is 0 Å². The molecule has 0 amide bonds. The fourth-order valence-corrected chi connectivity index (χ4v) is 4.38. The van der Waals surface area contributed by atoms with Crippen molar-refractivity contribution in [1.82, 2.24) is 10.3 Å². The molecule has 2 N–H and O–H groups in total. The fourth-order valence-electron chi connectivity index (χ4n) is 3.17. The van der Waals surface area contributed by atoms with Crippen molar-refractivity contribution in [3.8, 4) is 0 Å². The number of hydrogen-bond donors (Lipinski definition) is 2. The third kappa shape index (κ3) is 3.23. The number of aryl methyl sites for hydroxylation is 1. The summed E-state index contributed by atoms with van der Waals surface area (Å²) in [6.45, 7) is 1.13. The van der Waals surface area contributed by atoms with E-state index in [1.165, 1.54) is 42.8 Å². The molecule has 1 fully saturated rings. The molecule has 4 heteroatoms. The van der Waals surface area contributed by atoms with Gasteiger partial charge in [-0.15, -0.1) is 0 Å². The highest BCUT2D eigenvalue weighted by molar-refractivity contribution is 7.99. The maximum atomic E-state index is 11.4. The van der Waals surface area contributed by atoms with E-state index in [-0.39, 0.29) is 5.56 Å². The highest BCUT2D eigenvalue weighted by Gasteiger charge is 2.22. The number of fused-ring (bicyclic) bond motifs is 1. The summed E-state index contributed by atoms with van der Waals surface area (Å²) in [5.74, 6) is 3.48. The van der Waals surface area contributed by atoms with Gasteiger partial charge in [0.25, 0.3) is 0 Å². The number of nitrogens with one attached hydrogen (secondary N) is 2. The Morgan fingerprint density at radius 2 is 2.11 bits per heavy atom. The van der Waals surface area contributed by atoms with Crippen LogP contribution in [-0.2, 0) is 6.42 Å². The van der Waals surface area contributed by atoms with Gasteiger partial charge in [-0.1, -0.05) is 6.07 Å². The predicted octanol–water partition coefficient (Wildman–Crippen LogP) is 2.49. The van der Waals surface area contributed by atoms with Crippen molar-refractivity contribution >= 4 is 11.8 Å². The fraction of sp³-hybridized carbons (Fsp3) is 0.667. The number of H-pyrrole nitrogens is 1. The molecule has 104 valence electrons. The molecule has 1 aromatic heterocycles. The molecule has 1 unspecified atom stereocenters. The first-order valence-corrected chi connectivity index (χ1v) is 8.51. The van der Waals surface area contributed by atoms with E-state index < -0.39 is 0 Å². The number of hydrogen-bond acceptors (Lipinski definition) is 3. The van der Waals surface area contributed by atoms with Gasteiger partial charge in [-0.25, -0.2) is 0 Å². The number of aromatic nitrogens is 1. The minimum absolute atomic E-state index is 0.0312. The maximum Gasteiger partial charge on any atom is 0.248 e. The van der Waals surface area contributed by atoms with E-state index in [9.17, 15) is 4.79 Å². The third-order valence-electron chi connectivity index (χ3n) is 4.33. The Balaban J connectivity index is 1.64. The summed E-state index contributed by atoms with van der Waals surface area (Å²) in [5, 5.41) is 3.74. The van der Waals surface area contributed by atoms with E-state index in [1.54, 1.807) is 6.07 Å². The maximum absolute atomic E-state index is 11.4. The summed E-state index contributed by atoms with van der Waals surface area (Å²) in [4.78, 5) is 14.4. The van der Waals surface area contributed by atoms with Crippen molar-refractivity contribution in [3.05, 3.63) is 33.7 Å². The smallest absolute Gasteiger partial charge is 0.248 e. The first-order chi connectivity index (χ1) is 9.33. The van der Waals surface area contributed by atoms with E-state index in [2.05, 4.69) is 22.1 Å². The Morgan fingerprint density at radius 3 is 2.95 bits per heavy atom. The molecule has 1 aliphatic carbocycles. The lowest BCUT2D eigenvalue weighted by Gasteiger charge is -2.29. The topological polar surface area (TPSA) is 44.9 Å². The van der Waals surface area contributed by atoms with Crippen molar-refractivity contribution in [2.45, 2.75) is 38.1 Å². The van der Waals surface area contributed by atoms with E-state index >= 15 is 0 Å². The summed E-state index contributed by atoms with van der Waals surface area (Å²) < 4.78 is 0. The van der Waals surface area contributed by atoms with Crippen molar-refractivity contribution < 1.29 is 0 Å². The minimum Gasteiger partial charge on any atom is -0.326 e. The summed E-state index contributed by atoms with van der Waals surface area (Å²) in [7, 11) is 0. The Morgan fingerprint density at radius 1 is 1.26 bits per heavy atom. The van der Waals surface area contributed by atoms with Crippen LogP contribution in [0.25, 0.3) is 0 Å². The van der Waals surface area contributed by atoms with Crippen LogP contribution in [0.5, 0.6) is 0 Å². The van der Waals surface area contributed by atoms with Crippen LogP contribution in [0.4, 0.5) is 0 Å². The van der Waals surface area contributed by atoms with Gasteiger partial charge in [-0.3, -0.25) is 4.79 Å². The van der Waals surface area contributed by atoms with Gasteiger partial charge in [-0.2, -0.15) is 11.8 Å². The molecule has 0 bridgehead atoms. The molecule has 1 saturated heterocycles. The van der Waals surface area contributed by atoms with Gasteiger partial charge >= 0.3 is 0 Å². The van der Waals surface area contributed by atoms with Gasteiger partial charge in [-0.05, 0) is 61.6 Å². The third-order valence-corrected chi connectivity index (χ3v) is 5.37. The highest BCUT2D eigenvalue weighted by atomic mass is 32.2. The molecule has 0 aromatic carbocycles. The molecule has 1 atom stereocenters. The number of rotatable bonds is 3. The lowest BCUT2D eigenvalue weighted by Crippen LogP contribution is -2.32. The minimum atomic E-state index is 0.0312. The van der Waals surface area contributed by atoms with Crippen LogP contribution in [0.2, 0.25) is 0 Å². The van der Waals surface area contributed by atoms with Crippen molar-refractivity contribution in [3.63, 3.8) is 0 Å². The second-order valence-electron chi connectivity index (χ2n) is 5.67. The largest absolute Gasteiger partial charge is 0.326 e. The highest BCUT2D eigenvalue weighted by Crippen LogP contribution is 2.28. The van der Waals surface area contributed by atoms with E-state index in [1.807, 2.05) is 6.07 Å². The molecular formula is C15H22N2OS. The van der Waals surface area contributed by atoms with Crippen LogP contribution < -0.4 is 10.9 Å². The summed E-state index contributed by atoms with van der Waals surface area (Å²) >= 11 is 2.08. The average molecular weight is 278 g/mol. The summed E-state index contributed by atoms with van der Waals surface area (Å²) in [6, 6.07) is 4.12. The van der Waals surface area contributed by atoms with E-state index in [0.717, 1.165) is 24.6 Å². The second kappa shape index (κ2) is 6.14. The standard InChI is InChI=1S/C15H22N2OS/c18-15-5-4-12-13(2-1-3-14(12)17-15)16-10-11-6-8-19-9-7-11/h4-5,11,13,16H,1-3,6-10H2,(H,17,18). The Labute approximate surface area is 118 Å². The monoisotopic (exact) mass is 278 g/mol. The average Bonchev–Trinajstić information content (AvgIpc) is 2.45. The van der Waals surface area contributed by atoms with Crippen LogP contribution in [0, 0.1) is 5.92 Å². The van der Waals surface area contributed by atoms with Gasteiger partial charge in [0.15, 0.2) is 0 Å². The van der Waals surface area contributed by atoms with Crippen molar-refractivity contribution in [1.29, 1.82) is 0 Å². The lowest BCUT2D eigenvalue weighted by atomic mass is 9.90. The zero-order valence-electron chi connectivity index (χ0n) is 11.3. The zero-order chi connectivity index (χ0) is 13.1. The van der Waals surface area contributed by atoms with E-state index in [0.29, 0.717) is 6.04 Å². The summed E-state index contributed by atoms with van der Waals surface area (Å²) in [5.41, 5.74) is 2.50. The zero-order valence-corrected chi connectivity index (χ0v) is 12.1. The number of pyridine rings is 1. The second-order valence-corrected chi connectivity index (χ2v) is 6.89. The Hall–Kier alpha value is -0.740. The van der Waals surface area contributed by atoms with Crippen molar-refractivity contribution in [2.24, 2.45) is 5.92 Å². The number of aromatic amines is 1. The first kappa shape index (κ1) is 13.3. The molecule has 1 aliphatic heterocycles. The van der Waals surface area contributed by atoms with Gasteiger partial charge < -0.3 is 10.3 Å². The molecule has 3 rings (SSSR count). The predicted molar refractivity (Wildman–Crippen MR) is 80.8 cm³/mol. The van der Waals surface area contributed by atoms with Crippen LogP contribution in [0.15, 0.2) is 16.9 Å². The molecule has 0 radical (unpaired) electrons. The Kier molecular flexibility index (Phi) is 4.28. The van der Waals surface area contributed by atoms with Crippen molar-refractivity contribution in [2.75, 3.05) is 18.1 Å². The molecular weight excluding hydrogens is 256 g/mol.